The van der Waals surface area contributed by atoms with Crippen molar-refractivity contribution >= 4 is 34.8 Å². The van der Waals surface area contributed by atoms with E-state index in [1.54, 1.807) is 0 Å². The number of hydrogen-bond acceptors (Lipinski definition) is 9. The second kappa shape index (κ2) is 11.6. The topological polar surface area (TPSA) is 141 Å². The Kier molecular flexibility index (Phi) is 8.37. The summed E-state index contributed by atoms with van der Waals surface area (Å²) in [5.41, 5.74) is 0.00873. The molecular weight excluding hydrogens is 635 g/mol. The van der Waals surface area contributed by atoms with Gasteiger partial charge < -0.3 is 24.8 Å². The second-order valence-corrected chi connectivity index (χ2v) is 10.4. The maximum absolute atomic E-state index is 14.2. The average Bonchev–Trinajstić information content (AvgIpc) is 3.54. The van der Waals surface area contributed by atoms with Crippen LogP contribution < -0.4 is 4.74 Å². The number of benzene rings is 2. The van der Waals surface area contributed by atoms with Crippen molar-refractivity contribution in [2.75, 3.05) is 6.61 Å². The van der Waals surface area contributed by atoms with E-state index in [0.717, 1.165) is 27.6 Å². The number of aryl methyl sites for hydroxylation is 1. The van der Waals surface area contributed by atoms with Crippen LogP contribution in [-0.2, 0) is 4.74 Å². The van der Waals surface area contributed by atoms with Crippen molar-refractivity contribution in [2.24, 2.45) is 0 Å². The van der Waals surface area contributed by atoms with Crippen molar-refractivity contribution in [3.8, 4) is 22.7 Å². The lowest BCUT2D eigenvalue weighted by atomic mass is 9.92. The van der Waals surface area contributed by atoms with Crippen molar-refractivity contribution < 1.29 is 42.4 Å². The van der Waals surface area contributed by atoms with Crippen LogP contribution in [0.25, 0.3) is 16.9 Å². The van der Waals surface area contributed by atoms with Gasteiger partial charge in [0.15, 0.2) is 11.6 Å². The summed E-state index contributed by atoms with van der Waals surface area (Å²) in [6.45, 7) is 0.715. The zero-order chi connectivity index (χ0) is 30.5. The Balaban J connectivity index is 1.56. The van der Waals surface area contributed by atoms with E-state index < -0.39 is 55.0 Å². The molecule has 1 aliphatic rings. The quantitative estimate of drug-likeness (QED) is 0.206. The first-order valence-electron chi connectivity index (χ1n) is 12.0. The number of alkyl halides is 3. The smallest absolute Gasteiger partial charge is 0.403 e. The summed E-state index contributed by atoms with van der Waals surface area (Å²) < 4.78 is 65.6. The first-order valence-corrected chi connectivity index (χ1v) is 13.1. The molecule has 3 N–H and O–H groups in total. The zero-order valence-corrected chi connectivity index (χ0v) is 23.3. The number of aliphatic hydroxyl groups is 3. The first-order chi connectivity index (χ1) is 19.8. The van der Waals surface area contributed by atoms with Crippen LogP contribution in [0.2, 0.25) is 15.1 Å². The third-order valence-corrected chi connectivity index (χ3v) is 7.37. The fourth-order valence-electron chi connectivity index (χ4n) is 4.55. The van der Waals surface area contributed by atoms with Gasteiger partial charge in [0.2, 0.25) is 0 Å². The predicted molar refractivity (Wildman–Crippen MR) is 139 cm³/mol. The van der Waals surface area contributed by atoms with Gasteiger partial charge in [-0.25, -0.2) is 18.7 Å². The maximum atomic E-state index is 14.2. The van der Waals surface area contributed by atoms with Gasteiger partial charge in [0.1, 0.15) is 53.5 Å². The summed E-state index contributed by atoms with van der Waals surface area (Å²) in [6, 6.07) is 4.37. The van der Waals surface area contributed by atoms with Crippen LogP contribution in [0.4, 0.5) is 17.6 Å². The summed E-state index contributed by atoms with van der Waals surface area (Å²) in [4.78, 5) is 4.24. The summed E-state index contributed by atoms with van der Waals surface area (Å²) >= 11 is 17.8. The minimum Gasteiger partial charge on any atom is -0.403 e. The van der Waals surface area contributed by atoms with Gasteiger partial charge in [0.05, 0.1) is 22.8 Å². The fraction of sp³-hybridized carbons (Fsp3) is 0.333. The van der Waals surface area contributed by atoms with Gasteiger partial charge >= 0.3 is 6.36 Å². The number of aliphatic hydroxyl groups excluding tert-OH is 3. The Bertz CT molecular complexity index is 1600. The maximum Gasteiger partial charge on any atom is 0.573 e. The van der Waals surface area contributed by atoms with Crippen LogP contribution in [0.15, 0.2) is 36.5 Å². The monoisotopic (exact) mass is 652 g/mol. The minimum atomic E-state index is -5.06. The molecule has 224 valence electrons. The number of rotatable bonds is 6. The van der Waals surface area contributed by atoms with Crippen LogP contribution in [0.3, 0.4) is 0 Å². The van der Waals surface area contributed by atoms with Crippen LogP contribution >= 0.6 is 34.8 Å². The molecule has 42 heavy (non-hydrogen) atoms. The lowest BCUT2D eigenvalue weighted by Gasteiger charge is -2.41. The van der Waals surface area contributed by atoms with E-state index in [1.807, 2.05) is 0 Å². The summed E-state index contributed by atoms with van der Waals surface area (Å²) in [7, 11) is 0. The third-order valence-electron chi connectivity index (χ3n) is 6.36. The number of hydrogen-bond donors (Lipinski definition) is 3. The molecular formula is C24H19Cl3F4N6O5. The highest BCUT2D eigenvalue weighted by molar-refractivity contribution is 6.42. The molecule has 0 spiro atoms. The molecule has 0 bridgehead atoms. The molecule has 2 aromatic carbocycles. The SMILES string of the molecule is Cc1nc([C@@H]2O[C@H](CO)[C@H](O)[C@H](n3cc(-c4cc(F)c(Cl)c(Cl)c4)nn3)[C@H]2O)n(-c2cc(Cl)ccc2OC(F)(F)F)n1. The normalized spacial score (nSPS) is 22.9. The standard InChI is InChI=1S/C24H19Cl3F4N6O5/c1-9-32-23(37(34-9)15-6-11(25)2-3-16(15)42-24(29,30)31)22-21(40)19(20(39)17(8-38)41-22)36-7-14(33-35-36)10-4-12(26)18(27)13(28)5-10/h2-7,17,19-22,38-40H,8H2,1H3/t17-,19+,20+,21-,22-/m1/s1. The largest absolute Gasteiger partial charge is 0.573 e. The molecule has 3 heterocycles. The van der Waals surface area contributed by atoms with E-state index in [9.17, 15) is 32.9 Å². The molecule has 1 saturated heterocycles. The van der Waals surface area contributed by atoms with Crippen LogP contribution in [-0.4, -0.2) is 76.4 Å². The van der Waals surface area contributed by atoms with E-state index in [2.05, 4.69) is 25.1 Å². The van der Waals surface area contributed by atoms with Gasteiger partial charge in [0.25, 0.3) is 0 Å². The molecule has 5 atom stereocenters. The van der Waals surface area contributed by atoms with E-state index in [4.69, 9.17) is 39.5 Å². The lowest BCUT2D eigenvalue weighted by Crippen LogP contribution is -2.53. The van der Waals surface area contributed by atoms with Crippen molar-refractivity contribution in [1.29, 1.82) is 0 Å². The third kappa shape index (κ3) is 5.90. The number of nitrogens with zero attached hydrogens (tertiary/aromatic N) is 6. The highest BCUT2D eigenvalue weighted by Crippen LogP contribution is 2.40. The second-order valence-electron chi connectivity index (χ2n) is 9.18. The van der Waals surface area contributed by atoms with Gasteiger partial charge in [-0.05, 0) is 37.3 Å². The lowest BCUT2D eigenvalue weighted by molar-refractivity contribution is -0.274. The van der Waals surface area contributed by atoms with Gasteiger partial charge in [0, 0.05) is 10.6 Å². The predicted octanol–water partition coefficient (Wildman–Crippen LogP) is 4.23. The minimum absolute atomic E-state index is 0.0409. The van der Waals surface area contributed by atoms with Crippen molar-refractivity contribution in [3.63, 3.8) is 0 Å². The van der Waals surface area contributed by atoms with Gasteiger partial charge in [-0.15, -0.1) is 18.3 Å². The van der Waals surface area contributed by atoms with E-state index in [1.165, 1.54) is 25.3 Å². The van der Waals surface area contributed by atoms with E-state index in [0.29, 0.717) is 0 Å². The van der Waals surface area contributed by atoms with Gasteiger partial charge in [-0.2, -0.15) is 5.10 Å². The molecule has 0 amide bonds. The van der Waals surface area contributed by atoms with Crippen molar-refractivity contribution in [2.45, 2.75) is 43.7 Å². The Labute approximate surface area is 248 Å². The van der Waals surface area contributed by atoms with Gasteiger partial charge in [-0.3, -0.25) is 0 Å². The van der Waals surface area contributed by atoms with Crippen molar-refractivity contribution in [1.82, 2.24) is 29.8 Å². The average molecular weight is 654 g/mol. The molecule has 4 aromatic rings. The molecule has 18 heteroatoms. The van der Waals surface area contributed by atoms with Crippen LogP contribution in [0.5, 0.6) is 5.75 Å². The molecule has 0 aliphatic carbocycles. The molecule has 0 radical (unpaired) electrons. The molecule has 0 unspecified atom stereocenters. The van der Waals surface area contributed by atoms with Gasteiger partial charge in [-0.1, -0.05) is 40.0 Å². The molecule has 0 saturated carbocycles. The number of halogens is 7. The molecule has 1 fully saturated rings. The highest BCUT2D eigenvalue weighted by Gasteiger charge is 2.48. The molecule has 5 rings (SSSR count). The Morgan fingerprint density at radius 2 is 1.83 bits per heavy atom. The zero-order valence-electron chi connectivity index (χ0n) is 21.0. The first kappa shape index (κ1) is 30.4. The molecule has 2 aromatic heterocycles. The van der Waals surface area contributed by atoms with E-state index in [-0.39, 0.29) is 43.7 Å². The Morgan fingerprint density at radius 1 is 1.10 bits per heavy atom. The van der Waals surface area contributed by atoms with E-state index >= 15 is 0 Å². The van der Waals surface area contributed by atoms with Crippen molar-refractivity contribution in [3.05, 3.63) is 69.1 Å². The summed E-state index contributed by atoms with van der Waals surface area (Å²) in [5, 5.41) is 44.1. The molecule has 11 nitrogen and oxygen atoms in total. The highest BCUT2D eigenvalue weighted by atomic mass is 35.5. The summed E-state index contributed by atoms with van der Waals surface area (Å²) in [5.74, 6) is -1.61. The summed E-state index contributed by atoms with van der Waals surface area (Å²) in [6.07, 6.45) is -9.82. The van der Waals surface area contributed by atoms with Crippen LogP contribution in [0, 0.1) is 12.7 Å². The Morgan fingerprint density at radius 3 is 2.50 bits per heavy atom. The number of ether oxygens (including phenoxy) is 2. The number of aromatic nitrogens is 6. The van der Waals surface area contributed by atoms with Crippen LogP contribution in [0.1, 0.15) is 23.8 Å². The molecule has 1 aliphatic heterocycles. The Hall–Kier alpha value is -3.05. The fourth-order valence-corrected chi connectivity index (χ4v) is 5.03.